The Balaban J connectivity index is 2.03. The number of nitrogens with zero attached hydrogens (tertiary/aromatic N) is 1. The van der Waals surface area contributed by atoms with Gasteiger partial charge in [-0.2, -0.15) is 5.01 Å². The largest absolute Gasteiger partial charge is 0.479 e. The lowest BCUT2D eigenvalue weighted by molar-refractivity contribution is -0.150. The van der Waals surface area contributed by atoms with Crippen molar-refractivity contribution >= 4 is 18.2 Å². The Bertz CT molecular complexity index is 808. The van der Waals surface area contributed by atoms with Gasteiger partial charge in [0.2, 0.25) is 0 Å². The molecule has 0 bridgehead atoms. The van der Waals surface area contributed by atoms with Gasteiger partial charge in [-0.1, -0.05) is 60.7 Å². The predicted octanol–water partition coefficient (Wildman–Crippen LogP) is 3.33. The van der Waals surface area contributed by atoms with Gasteiger partial charge in [0, 0.05) is 0 Å². The van der Waals surface area contributed by atoms with Crippen molar-refractivity contribution in [1.29, 1.82) is 0 Å². The first kappa shape index (κ1) is 20.8. The van der Waals surface area contributed by atoms with Crippen LogP contribution in [0.1, 0.15) is 25.0 Å². The number of hydrogen-bond donors (Lipinski definition) is 2. The normalized spacial score (nSPS) is 10.6. The number of carbonyl (C=O) groups excluding carboxylic acids is 2. The molecule has 2 N–H and O–H groups in total. The summed E-state index contributed by atoms with van der Waals surface area (Å²) >= 11 is 0. The van der Waals surface area contributed by atoms with E-state index < -0.39 is 23.7 Å². The van der Waals surface area contributed by atoms with E-state index in [0.717, 1.165) is 11.1 Å². The van der Waals surface area contributed by atoms with Crippen LogP contribution < -0.4 is 5.43 Å². The number of carbonyl (C=O) groups is 3. The number of hydrazine groups is 1. The van der Waals surface area contributed by atoms with Gasteiger partial charge in [0.05, 0.1) is 0 Å². The summed E-state index contributed by atoms with van der Waals surface area (Å²) in [5.41, 5.74) is 1.86. The molecule has 0 aromatic heterocycles. The third-order valence-electron chi connectivity index (χ3n) is 3.89. The van der Waals surface area contributed by atoms with Gasteiger partial charge in [0.1, 0.15) is 13.2 Å². The average Bonchev–Trinajstić information content (AvgIpc) is 2.70. The zero-order valence-corrected chi connectivity index (χ0v) is 15.6. The first-order chi connectivity index (χ1) is 13.3. The lowest BCUT2D eigenvalue weighted by Crippen LogP contribution is -2.60. The standard InChI is InChI=1S/C20H22N2O6/c1-20(2,17(23)24)22(19(26)28-14-16-11-7-4-8-12-16)21-18(25)27-13-15-9-5-3-6-10-15/h3-12H,13-14H2,1-2H3,(H,21,25)(H,23,24). The van der Waals surface area contributed by atoms with Gasteiger partial charge in [-0.3, -0.25) is 0 Å². The van der Waals surface area contributed by atoms with Gasteiger partial charge in [-0.25, -0.2) is 19.8 Å². The van der Waals surface area contributed by atoms with Gasteiger partial charge in [-0.15, -0.1) is 0 Å². The highest BCUT2D eigenvalue weighted by Gasteiger charge is 2.41. The quantitative estimate of drug-likeness (QED) is 0.738. The topological polar surface area (TPSA) is 105 Å². The fourth-order valence-corrected chi connectivity index (χ4v) is 2.14. The Morgan fingerprint density at radius 3 is 1.82 bits per heavy atom. The molecular formula is C20H22N2O6. The summed E-state index contributed by atoms with van der Waals surface area (Å²) in [6, 6.07) is 17.8. The lowest BCUT2D eigenvalue weighted by atomic mass is 10.1. The van der Waals surface area contributed by atoms with Gasteiger partial charge in [0.25, 0.3) is 0 Å². The van der Waals surface area contributed by atoms with Crippen LogP contribution in [0.15, 0.2) is 60.7 Å². The number of carboxylic acids is 1. The van der Waals surface area contributed by atoms with E-state index in [4.69, 9.17) is 9.47 Å². The smallest absolute Gasteiger partial charge is 0.430 e. The third-order valence-corrected chi connectivity index (χ3v) is 3.89. The Kier molecular flexibility index (Phi) is 6.97. The number of carboxylic acid groups (broad SMARTS) is 1. The van der Waals surface area contributed by atoms with E-state index in [2.05, 4.69) is 5.43 Å². The van der Waals surface area contributed by atoms with E-state index >= 15 is 0 Å². The third kappa shape index (κ3) is 5.73. The predicted molar refractivity (Wildman–Crippen MR) is 99.9 cm³/mol. The molecule has 0 fully saturated rings. The molecule has 0 aliphatic heterocycles. The Morgan fingerprint density at radius 1 is 0.893 bits per heavy atom. The number of benzene rings is 2. The maximum Gasteiger partial charge on any atom is 0.430 e. The summed E-state index contributed by atoms with van der Waals surface area (Å²) in [5, 5.41) is 10.0. The van der Waals surface area contributed by atoms with Gasteiger partial charge in [-0.05, 0) is 25.0 Å². The highest BCUT2D eigenvalue weighted by molar-refractivity contribution is 5.85. The summed E-state index contributed by atoms with van der Waals surface area (Å²) in [5.74, 6) is -1.33. The van der Waals surface area contributed by atoms with Crippen molar-refractivity contribution in [3.05, 3.63) is 71.8 Å². The molecule has 8 heteroatoms. The SMILES string of the molecule is CC(C)(C(=O)O)N(NC(=O)OCc1ccccc1)C(=O)OCc1ccccc1. The number of rotatable bonds is 6. The minimum absolute atomic E-state index is 0.0346. The molecule has 0 aliphatic carbocycles. The summed E-state index contributed by atoms with van der Waals surface area (Å²) < 4.78 is 10.2. The van der Waals surface area contributed by atoms with E-state index in [1.165, 1.54) is 13.8 Å². The molecule has 0 heterocycles. The van der Waals surface area contributed by atoms with Crippen molar-refractivity contribution in [2.45, 2.75) is 32.6 Å². The second-order valence-corrected chi connectivity index (χ2v) is 6.41. The molecule has 0 saturated carbocycles. The first-order valence-corrected chi connectivity index (χ1v) is 8.52. The second kappa shape index (κ2) is 9.40. The van der Waals surface area contributed by atoms with E-state index in [-0.39, 0.29) is 13.2 Å². The van der Waals surface area contributed by atoms with Crippen LogP contribution in [-0.2, 0) is 27.5 Å². The molecule has 0 unspecified atom stereocenters. The minimum atomic E-state index is -1.76. The van der Waals surface area contributed by atoms with Crippen LogP contribution in [0.3, 0.4) is 0 Å². The van der Waals surface area contributed by atoms with Gasteiger partial charge >= 0.3 is 18.2 Å². The van der Waals surface area contributed by atoms with Crippen LogP contribution in [0.2, 0.25) is 0 Å². The molecule has 2 aromatic rings. The molecule has 2 amide bonds. The van der Waals surface area contributed by atoms with Crippen LogP contribution in [-0.4, -0.2) is 33.8 Å². The van der Waals surface area contributed by atoms with Gasteiger partial charge < -0.3 is 14.6 Å². The van der Waals surface area contributed by atoms with Crippen molar-refractivity contribution in [3.63, 3.8) is 0 Å². The maximum atomic E-state index is 12.4. The lowest BCUT2D eigenvalue weighted by Gasteiger charge is -2.33. The molecule has 0 radical (unpaired) electrons. The number of ether oxygens (including phenoxy) is 2. The van der Waals surface area contributed by atoms with Crippen LogP contribution >= 0.6 is 0 Å². The van der Waals surface area contributed by atoms with Crippen molar-refractivity contribution in [1.82, 2.24) is 10.4 Å². The fraction of sp³-hybridized carbons (Fsp3) is 0.250. The van der Waals surface area contributed by atoms with Crippen molar-refractivity contribution < 1.29 is 29.0 Å². The van der Waals surface area contributed by atoms with Crippen molar-refractivity contribution in [2.75, 3.05) is 0 Å². The second-order valence-electron chi connectivity index (χ2n) is 6.41. The number of aliphatic carboxylic acids is 1. The van der Waals surface area contributed by atoms with E-state index in [0.29, 0.717) is 5.01 Å². The van der Waals surface area contributed by atoms with Gasteiger partial charge in [0.15, 0.2) is 5.54 Å². The minimum Gasteiger partial charge on any atom is -0.479 e. The zero-order valence-electron chi connectivity index (χ0n) is 15.6. The molecule has 8 nitrogen and oxygen atoms in total. The molecular weight excluding hydrogens is 364 g/mol. The molecule has 0 atom stereocenters. The summed E-state index contributed by atoms with van der Waals surface area (Å²) in [4.78, 5) is 36.1. The van der Waals surface area contributed by atoms with E-state index in [9.17, 15) is 19.5 Å². The summed E-state index contributed by atoms with van der Waals surface area (Å²) in [7, 11) is 0. The van der Waals surface area contributed by atoms with E-state index in [1.807, 2.05) is 12.1 Å². The van der Waals surface area contributed by atoms with Crippen molar-refractivity contribution in [2.24, 2.45) is 0 Å². The van der Waals surface area contributed by atoms with Crippen LogP contribution in [0.5, 0.6) is 0 Å². The Morgan fingerprint density at radius 2 is 1.36 bits per heavy atom. The maximum absolute atomic E-state index is 12.4. The average molecular weight is 386 g/mol. The molecule has 2 rings (SSSR count). The summed E-state index contributed by atoms with van der Waals surface area (Å²) in [6.07, 6.45) is -2.00. The molecule has 28 heavy (non-hydrogen) atoms. The molecule has 0 saturated heterocycles. The monoisotopic (exact) mass is 386 g/mol. The fourth-order valence-electron chi connectivity index (χ4n) is 2.14. The molecule has 2 aromatic carbocycles. The Labute approximate surface area is 162 Å². The highest BCUT2D eigenvalue weighted by atomic mass is 16.6. The first-order valence-electron chi connectivity index (χ1n) is 8.52. The molecule has 0 aliphatic rings. The number of amides is 2. The summed E-state index contributed by atoms with van der Waals surface area (Å²) in [6.45, 7) is 2.41. The number of nitrogens with one attached hydrogen (secondary N) is 1. The van der Waals surface area contributed by atoms with Crippen LogP contribution in [0, 0.1) is 0 Å². The number of hydrogen-bond acceptors (Lipinski definition) is 5. The van der Waals surface area contributed by atoms with E-state index in [1.54, 1.807) is 48.5 Å². The Hall–Kier alpha value is -3.55. The highest BCUT2D eigenvalue weighted by Crippen LogP contribution is 2.15. The van der Waals surface area contributed by atoms with Crippen molar-refractivity contribution in [3.8, 4) is 0 Å². The molecule has 0 spiro atoms. The zero-order chi connectivity index (χ0) is 20.6. The van der Waals surface area contributed by atoms with Crippen LogP contribution in [0.4, 0.5) is 9.59 Å². The molecule has 148 valence electrons. The van der Waals surface area contributed by atoms with Crippen LogP contribution in [0.25, 0.3) is 0 Å².